The van der Waals surface area contributed by atoms with Gasteiger partial charge in [0.2, 0.25) is 5.91 Å². The van der Waals surface area contributed by atoms with Crippen LogP contribution in [0.3, 0.4) is 0 Å². The standard InChI is InChI=1S/C10H16N2O2S/c1-8(2)14-5-10(13)11-4-3-9-6-15-7-12-9/h6-8H,3-5H2,1-2H3,(H,11,13). The minimum Gasteiger partial charge on any atom is -0.369 e. The highest BCUT2D eigenvalue weighted by atomic mass is 32.1. The first-order valence-corrected chi connectivity index (χ1v) is 5.88. The molecule has 1 heterocycles. The zero-order valence-electron chi connectivity index (χ0n) is 9.03. The minimum absolute atomic E-state index is 0.0704. The number of carbonyl (C=O) groups is 1. The van der Waals surface area contributed by atoms with Gasteiger partial charge in [0, 0.05) is 18.3 Å². The summed E-state index contributed by atoms with van der Waals surface area (Å²) in [6, 6.07) is 0. The third kappa shape index (κ3) is 5.49. The predicted molar refractivity (Wildman–Crippen MR) is 59.9 cm³/mol. The molecule has 0 unspecified atom stereocenters. The smallest absolute Gasteiger partial charge is 0.246 e. The molecule has 4 nitrogen and oxygen atoms in total. The fourth-order valence-corrected chi connectivity index (χ4v) is 1.58. The van der Waals surface area contributed by atoms with Gasteiger partial charge in [-0.15, -0.1) is 11.3 Å². The van der Waals surface area contributed by atoms with Crippen molar-refractivity contribution < 1.29 is 9.53 Å². The molecule has 0 fully saturated rings. The van der Waals surface area contributed by atoms with Gasteiger partial charge in [0.15, 0.2) is 0 Å². The zero-order valence-corrected chi connectivity index (χ0v) is 9.84. The number of amides is 1. The maximum Gasteiger partial charge on any atom is 0.246 e. The molecule has 0 aliphatic carbocycles. The monoisotopic (exact) mass is 228 g/mol. The topological polar surface area (TPSA) is 51.2 Å². The summed E-state index contributed by atoms with van der Waals surface area (Å²) in [5, 5.41) is 4.76. The van der Waals surface area contributed by atoms with Crippen LogP contribution in [0.25, 0.3) is 0 Å². The van der Waals surface area contributed by atoms with Crippen molar-refractivity contribution in [3.05, 3.63) is 16.6 Å². The molecule has 0 atom stereocenters. The number of nitrogens with one attached hydrogen (secondary N) is 1. The van der Waals surface area contributed by atoms with E-state index < -0.39 is 0 Å². The highest BCUT2D eigenvalue weighted by Crippen LogP contribution is 2.00. The lowest BCUT2D eigenvalue weighted by atomic mass is 10.3. The number of thiazole rings is 1. The Kier molecular flexibility index (Phi) is 5.28. The van der Waals surface area contributed by atoms with E-state index in [1.165, 1.54) is 0 Å². The molecule has 15 heavy (non-hydrogen) atoms. The van der Waals surface area contributed by atoms with Crippen LogP contribution in [0.4, 0.5) is 0 Å². The molecule has 0 spiro atoms. The second-order valence-corrected chi connectivity index (χ2v) is 4.16. The van der Waals surface area contributed by atoms with Crippen molar-refractivity contribution in [2.75, 3.05) is 13.2 Å². The molecule has 0 saturated heterocycles. The third-order valence-electron chi connectivity index (χ3n) is 1.73. The molecule has 1 aromatic heterocycles. The van der Waals surface area contributed by atoms with Crippen LogP contribution in [0.1, 0.15) is 19.5 Å². The Morgan fingerprint density at radius 1 is 1.67 bits per heavy atom. The number of aromatic nitrogens is 1. The number of ether oxygens (including phenoxy) is 1. The van der Waals surface area contributed by atoms with Gasteiger partial charge in [0.05, 0.1) is 17.3 Å². The molecule has 1 N–H and O–H groups in total. The van der Waals surface area contributed by atoms with Crippen LogP contribution >= 0.6 is 11.3 Å². The number of hydrogen-bond acceptors (Lipinski definition) is 4. The van der Waals surface area contributed by atoms with Crippen molar-refractivity contribution in [3.63, 3.8) is 0 Å². The summed E-state index contributed by atoms with van der Waals surface area (Å²) in [7, 11) is 0. The van der Waals surface area contributed by atoms with Crippen LogP contribution in [-0.2, 0) is 16.0 Å². The van der Waals surface area contributed by atoms with Gasteiger partial charge < -0.3 is 10.1 Å². The maximum absolute atomic E-state index is 11.2. The van der Waals surface area contributed by atoms with E-state index in [4.69, 9.17) is 4.74 Å². The highest BCUT2D eigenvalue weighted by molar-refractivity contribution is 7.07. The molecule has 0 aliphatic heterocycles. The van der Waals surface area contributed by atoms with E-state index >= 15 is 0 Å². The SMILES string of the molecule is CC(C)OCC(=O)NCCc1cscn1. The Bertz CT molecular complexity index is 286. The normalized spacial score (nSPS) is 10.6. The van der Waals surface area contributed by atoms with E-state index in [9.17, 15) is 4.79 Å². The van der Waals surface area contributed by atoms with E-state index in [1.807, 2.05) is 19.2 Å². The minimum atomic E-state index is -0.0704. The summed E-state index contributed by atoms with van der Waals surface area (Å²) in [5.41, 5.74) is 2.81. The van der Waals surface area contributed by atoms with Gasteiger partial charge >= 0.3 is 0 Å². The fourth-order valence-electron chi connectivity index (χ4n) is 0.984. The molecule has 0 aliphatic rings. The Balaban J connectivity index is 2.07. The van der Waals surface area contributed by atoms with E-state index in [2.05, 4.69) is 10.3 Å². The average Bonchev–Trinajstić information content (AvgIpc) is 2.67. The van der Waals surface area contributed by atoms with Crippen molar-refractivity contribution >= 4 is 17.2 Å². The third-order valence-corrected chi connectivity index (χ3v) is 2.37. The molecule has 0 bridgehead atoms. The second kappa shape index (κ2) is 6.53. The molecular formula is C10H16N2O2S. The van der Waals surface area contributed by atoms with E-state index in [-0.39, 0.29) is 18.6 Å². The van der Waals surface area contributed by atoms with Crippen molar-refractivity contribution in [2.24, 2.45) is 0 Å². The molecular weight excluding hydrogens is 212 g/mol. The first kappa shape index (κ1) is 12.1. The summed E-state index contributed by atoms with van der Waals surface area (Å²) in [6.07, 6.45) is 0.867. The molecule has 1 aromatic rings. The van der Waals surface area contributed by atoms with Crippen molar-refractivity contribution in [1.82, 2.24) is 10.3 Å². The summed E-state index contributed by atoms with van der Waals surface area (Å²) >= 11 is 1.56. The maximum atomic E-state index is 11.2. The van der Waals surface area contributed by atoms with E-state index in [0.717, 1.165) is 12.1 Å². The Morgan fingerprint density at radius 2 is 2.47 bits per heavy atom. The fraction of sp³-hybridized carbons (Fsp3) is 0.600. The summed E-state index contributed by atoms with van der Waals surface area (Å²) in [6.45, 7) is 4.56. The van der Waals surface area contributed by atoms with Crippen molar-refractivity contribution in [2.45, 2.75) is 26.4 Å². The van der Waals surface area contributed by atoms with E-state index in [0.29, 0.717) is 6.54 Å². The van der Waals surface area contributed by atoms with Gasteiger partial charge in [0.25, 0.3) is 0 Å². The number of hydrogen-bond donors (Lipinski definition) is 1. The Morgan fingerprint density at radius 3 is 3.07 bits per heavy atom. The van der Waals surface area contributed by atoms with Crippen LogP contribution in [-0.4, -0.2) is 30.1 Å². The van der Waals surface area contributed by atoms with Gasteiger partial charge in [-0.05, 0) is 13.8 Å². The van der Waals surface area contributed by atoms with Crippen molar-refractivity contribution in [3.8, 4) is 0 Å². The molecule has 5 heteroatoms. The van der Waals surface area contributed by atoms with Gasteiger partial charge in [-0.1, -0.05) is 0 Å². The average molecular weight is 228 g/mol. The lowest BCUT2D eigenvalue weighted by molar-refractivity contribution is -0.127. The first-order chi connectivity index (χ1) is 7.18. The predicted octanol–water partition coefficient (Wildman–Crippen LogP) is 1.23. The van der Waals surface area contributed by atoms with Crippen molar-refractivity contribution in [1.29, 1.82) is 0 Å². The van der Waals surface area contributed by atoms with Gasteiger partial charge in [-0.25, -0.2) is 4.98 Å². The van der Waals surface area contributed by atoms with Crippen LogP contribution in [0.2, 0.25) is 0 Å². The molecule has 1 amide bonds. The molecule has 84 valence electrons. The quantitative estimate of drug-likeness (QED) is 0.796. The van der Waals surface area contributed by atoms with Crippen LogP contribution < -0.4 is 5.32 Å². The van der Waals surface area contributed by atoms with Crippen LogP contribution in [0, 0.1) is 0 Å². The second-order valence-electron chi connectivity index (χ2n) is 3.44. The molecule has 0 aromatic carbocycles. The lowest BCUT2D eigenvalue weighted by Crippen LogP contribution is -2.30. The van der Waals surface area contributed by atoms with Gasteiger partial charge in [0.1, 0.15) is 6.61 Å². The van der Waals surface area contributed by atoms with Crippen LogP contribution in [0.15, 0.2) is 10.9 Å². The Labute approximate surface area is 93.7 Å². The lowest BCUT2D eigenvalue weighted by Gasteiger charge is -2.07. The van der Waals surface area contributed by atoms with Crippen LogP contribution in [0.5, 0.6) is 0 Å². The summed E-state index contributed by atoms with van der Waals surface area (Å²) < 4.78 is 5.17. The number of carbonyl (C=O) groups excluding carboxylic acids is 1. The number of nitrogens with zero attached hydrogens (tertiary/aromatic N) is 1. The molecule has 1 rings (SSSR count). The summed E-state index contributed by atoms with van der Waals surface area (Å²) in [4.78, 5) is 15.3. The van der Waals surface area contributed by atoms with Gasteiger partial charge in [-0.2, -0.15) is 0 Å². The summed E-state index contributed by atoms with van der Waals surface area (Å²) in [5.74, 6) is -0.0704. The van der Waals surface area contributed by atoms with Gasteiger partial charge in [-0.3, -0.25) is 4.79 Å². The molecule has 0 saturated carbocycles. The van der Waals surface area contributed by atoms with E-state index in [1.54, 1.807) is 16.8 Å². The highest BCUT2D eigenvalue weighted by Gasteiger charge is 2.02. The Hall–Kier alpha value is -0.940. The first-order valence-electron chi connectivity index (χ1n) is 4.94. The largest absolute Gasteiger partial charge is 0.369 e. The number of rotatable bonds is 6. The zero-order chi connectivity index (χ0) is 11.1. The molecule has 0 radical (unpaired) electrons.